The summed E-state index contributed by atoms with van der Waals surface area (Å²) in [5.41, 5.74) is -0.563. The summed E-state index contributed by atoms with van der Waals surface area (Å²) >= 11 is 5.96. The number of methoxy groups -OCH3 is 1. The molecule has 0 unspecified atom stereocenters. The molecule has 16 heteroatoms. The molecule has 3 aromatic rings. The van der Waals surface area contributed by atoms with Crippen LogP contribution in [-0.2, 0) is 34.2 Å². The lowest BCUT2D eigenvalue weighted by Gasteiger charge is -2.21. The number of halogens is 4. The van der Waals surface area contributed by atoms with Gasteiger partial charge in [0.15, 0.2) is 0 Å². The van der Waals surface area contributed by atoms with Gasteiger partial charge in [-0.1, -0.05) is 11.6 Å². The van der Waals surface area contributed by atoms with E-state index in [0.717, 1.165) is 0 Å². The lowest BCUT2D eigenvalue weighted by Crippen LogP contribution is -2.43. The molecular formula is C23H22ClF3N4O7S. The predicted octanol–water partition coefficient (Wildman–Crippen LogP) is 4.48. The van der Waals surface area contributed by atoms with Crippen molar-refractivity contribution < 1.29 is 45.7 Å². The van der Waals surface area contributed by atoms with E-state index >= 15 is 0 Å². The van der Waals surface area contributed by atoms with Crippen molar-refractivity contribution >= 4 is 27.9 Å². The molecular weight excluding hydrogens is 569 g/mol. The second kappa shape index (κ2) is 12.9. The van der Waals surface area contributed by atoms with Crippen LogP contribution in [0.3, 0.4) is 0 Å². The molecule has 3 rings (SSSR count). The van der Waals surface area contributed by atoms with Crippen LogP contribution in [0.1, 0.15) is 16.7 Å². The number of benzene rings is 1. The number of ether oxygens (including phenoxy) is 3. The van der Waals surface area contributed by atoms with Crippen molar-refractivity contribution in [2.75, 3.05) is 20.3 Å². The Kier molecular flexibility index (Phi) is 9.91. The topological polar surface area (TPSA) is 140 Å². The van der Waals surface area contributed by atoms with Crippen molar-refractivity contribution in [2.24, 2.45) is 0 Å². The molecule has 2 N–H and O–H groups in total. The maximum atomic E-state index is 13.0. The molecule has 0 aliphatic carbocycles. The van der Waals surface area contributed by atoms with Crippen LogP contribution in [0.25, 0.3) is 0 Å². The highest BCUT2D eigenvalue weighted by Gasteiger charge is 2.32. The lowest BCUT2D eigenvalue weighted by atomic mass is 10.2. The lowest BCUT2D eigenvalue weighted by molar-refractivity contribution is -0.137. The van der Waals surface area contributed by atoms with Crippen LogP contribution >= 0.6 is 11.6 Å². The summed E-state index contributed by atoms with van der Waals surface area (Å²) < 4.78 is 83.1. The Hall–Kier alpha value is -3.66. The van der Waals surface area contributed by atoms with Gasteiger partial charge in [0.2, 0.25) is 5.88 Å². The van der Waals surface area contributed by atoms with Crippen LogP contribution in [0.5, 0.6) is 17.4 Å². The highest BCUT2D eigenvalue weighted by Crippen LogP contribution is 2.36. The van der Waals surface area contributed by atoms with E-state index in [1.165, 1.54) is 37.7 Å². The fraction of sp³-hybridized carbons (Fsp3) is 0.261. The molecule has 0 atom stereocenters. The number of alkyl halides is 3. The number of carboxylic acid groups (broad SMARTS) is 1. The van der Waals surface area contributed by atoms with Crippen LogP contribution in [0.2, 0.25) is 5.02 Å². The number of nitrogens with zero attached hydrogens (tertiary/aromatic N) is 3. The molecule has 2 aromatic heterocycles. The van der Waals surface area contributed by atoms with E-state index in [1.54, 1.807) is 12.1 Å². The molecule has 39 heavy (non-hydrogen) atoms. The first kappa shape index (κ1) is 29.9. The molecule has 0 fully saturated rings. The molecule has 0 aliphatic heterocycles. The highest BCUT2D eigenvalue weighted by atomic mass is 35.5. The Morgan fingerprint density at radius 3 is 2.49 bits per heavy atom. The van der Waals surface area contributed by atoms with Crippen molar-refractivity contribution in [3.05, 3.63) is 76.7 Å². The van der Waals surface area contributed by atoms with Crippen molar-refractivity contribution in [2.45, 2.75) is 19.3 Å². The monoisotopic (exact) mass is 590 g/mol. The first-order chi connectivity index (χ1) is 18.4. The molecule has 1 aromatic carbocycles. The minimum absolute atomic E-state index is 0.0172. The molecule has 1 amide bonds. The maximum Gasteiger partial charge on any atom is 0.422 e. The molecule has 210 valence electrons. The summed E-state index contributed by atoms with van der Waals surface area (Å²) in [5, 5.41) is 9.19. The minimum Gasteiger partial charge on any atom is -0.491 e. The number of hydrogen-bond acceptors (Lipinski definition) is 8. The van der Waals surface area contributed by atoms with Gasteiger partial charge in [-0.3, -0.25) is 4.98 Å². The average Bonchev–Trinajstić information content (AvgIpc) is 2.88. The van der Waals surface area contributed by atoms with Crippen LogP contribution in [0.4, 0.5) is 18.0 Å². The van der Waals surface area contributed by atoms with Gasteiger partial charge in [0, 0.05) is 43.9 Å². The standard InChI is InChI=1S/C23H22ClF3N4O7S/c1-36-8-9-37-18-3-2-16(20(11-18)38-21-19(24)10-17(13-29-21)23(25,26)27)14-31(22(32)33)39(34,35)30-12-15-4-6-28-7-5-15/h2-7,10-11,13,30H,8-9,12,14H2,1H3,(H,32,33). The van der Waals surface area contributed by atoms with E-state index in [-0.39, 0.29) is 41.1 Å². The van der Waals surface area contributed by atoms with Gasteiger partial charge >= 0.3 is 22.5 Å². The summed E-state index contributed by atoms with van der Waals surface area (Å²) in [6.07, 6.45) is -3.10. The van der Waals surface area contributed by atoms with Crippen LogP contribution in [0, 0.1) is 0 Å². The molecule has 0 spiro atoms. The van der Waals surface area contributed by atoms with Gasteiger partial charge < -0.3 is 19.3 Å². The summed E-state index contributed by atoms with van der Waals surface area (Å²) in [5.74, 6) is -0.371. The number of carbonyl (C=O) groups is 1. The van der Waals surface area contributed by atoms with Crippen LogP contribution < -0.4 is 14.2 Å². The molecule has 0 bridgehead atoms. The Balaban J connectivity index is 1.92. The van der Waals surface area contributed by atoms with Gasteiger partial charge in [-0.2, -0.15) is 30.6 Å². The Morgan fingerprint density at radius 2 is 1.87 bits per heavy atom. The third-order valence-corrected chi connectivity index (χ3v) is 6.61. The number of aromatic nitrogens is 2. The zero-order chi connectivity index (χ0) is 28.6. The van der Waals surface area contributed by atoms with Crippen LogP contribution in [-0.4, -0.2) is 54.2 Å². The number of nitrogens with one attached hydrogen (secondary N) is 1. The zero-order valence-corrected chi connectivity index (χ0v) is 21.8. The maximum absolute atomic E-state index is 13.0. The van der Waals surface area contributed by atoms with Gasteiger partial charge in [-0.25, -0.2) is 9.78 Å². The normalized spacial score (nSPS) is 11.7. The van der Waals surface area contributed by atoms with Crippen LogP contribution in [0.15, 0.2) is 55.0 Å². The Morgan fingerprint density at radius 1 is 1.15 bits per heavy atom. The van der Waals surface area contributed by atoms with Gasteiger partial charge in [0.05, 0.1) is 18.7 Å². The van der Waals surface area contributed by atoms with E-state index in [9.17, 15) is 31.5 Å². The Labute approximate surface area is 226 Å². The Bertz CT molecular complexity index is 1400. The minimum atomic E-state index is -4.70. The van der Waals surface area contributed by atoms with Crippen molar-refractivity contribution in [1.29, 1.82) is 0 Å². The second-order valence-corrected chi connectivity index (χ2v) is 9.78. The average molecular weight is 591 g/mol. The number of rotatable bonds is 12. The largest absolute Gasteiger partial charge is 0.491 e. The molecule has 0 aliphatic rings. The smallest absolute Gasteiger partial charge is 0.422 e. The van der Waals surface area contributed by atoms with E-state index in [2.05, 4.69) is 14.7 Å². The van der Waals surface area contributed by atoms with Crippen molar-refractivity contribution in [3.8, 4) is 17.4 Å². The summed E-state index contributed by atoms with van der Waals surface area (Å²) in [4.78, 5) is 19.4. The van der Waals surface area contributed by atoms with Gasteiger partial charge in [0.25, 0.3) is 0 Å². The van der Waals surface area contributed by atoms with Gasteiger partial charge in [-0.05, 0) is 35.9 Å². The SMILES string of the molecule is COCCOc1ccc(CN(C(=O)O)S(=O)(=O)NCc2ccncc2)c(Oc2ncc(C(F)(F)F)cc2Cl)c1. The first-order valence-electron chi connectivity index (χ1n) is 10.9. The number of hydrogen-bond donors (Lipinski definition) is 2. The molecule has 0 saturated carbocycles. The molecule has 11 nitrogen and oxygen atoms in total. The third kappa shape index (κ3) is 8.41. The molecule has 0 saturated heterocycles. The van der Waals surface area contributed by atoms with E-state index in [1.807, 2.05) is 0 Å². The van der Waals surface area contributed by atoms with E-state index in [4.69, 9.17) is 25.8 Å². The predicted molar refractivity (Wildman–Crippen MR) is 132 cm³/mol. The van der Waals surface area contributed by atoms with E-state index in [0.29, 0.717) is 17.8 Å². The van der Waals surface area contributed by atoms with Crippen molar-refractivity contribution in [3.63, 3.8) is 0 Å². The fourth-order valence-corrected chi connectivity index (χ4v) is 4.24. The van der Waals surface area contributed by atoms with Crippen molar-refractivity contribution in [1.82, 2.24) is 19.0 Å². The third-order valence-electron chi connectivity index (χ3n) is 4.96. The summed E-state index contributed by atoms with van der Waals surface area (Å²) in [6.45, 7) is -0.580. The number of pyridine rings is 2. The highest BCUT2D eigenvalue weighted by molar-refractivity contribution is 7.87. The zero-order valence-electron chi connectivity index (χ0n) is 20.2. The first-order valence-corrected chi connectivity index (χ1v) is 12.8. The fourth-order valence-electron chi connectivity index (χ4n) is 3.02. The van der Waals surface area contributed by atoms with E-state index < -0.39 is 45.5 Å². The summed E-state index contributed by atoms with van der Waals surface area (Å²) in [7, 11) is -3.11. The molecule has 2 heterocycles. The number of amides is 1. The second-order valence-electron chi connectivity index (χ2n) is 7.69. The van der Waals surface area contributed by atoms with Gasteiger partial charge in [0.1, 0.15) is 23.1 Å². The molecule has 0 radical (unpaired) electrons. The quantitative estimate of drug-likeness (QED) is 0.292. The summed E-state index contributed by atoms with van der Waals surface area (Å²) in [6, 6.07) is 7.75. The van der Waals surface area contributed by atoms with Gasteiger partial charge in [-0.15, -0.1) is 0 Å².